The summed E-state index contributed by atoms with van der Waals surface area (Å²) >= 11 is 0. The Hall–Kier alpha value is -0.0200. The van der Waals surface area contributed by atoms with E-state index in [0.717, 1.165) is 26.2 Å². The van der Waals surface area contributed by atoms with Crippen molar-refractivity contribution in [3.05, 3.63) is 0 Å². The zero-order chi connectivity index (χ0) is 14.3. The second kappa shape index (κ2) is 8.31. The number of nitrogens with zero attached hydrogens (tertiary/aromatic N) is 1. The van der Waals surface area contributed by atoms with Gasteiger partial charge >= 0.3 is 0 Å². The lowest BCUT2D eigenvalue weighted by atomic mass is 10.3. The van der Waals surface area contributed by atoms with E-state index in [4.69, 9.17) is 0 Å². The molecule has 6 nitrogen and oxygen atoms in total. The minimum Gasteiger partial charge on any atom is -0.314 e. The van der Waals surface area contributed by atoms with E-state index < -0.39 is 20.8 Å². The van der Waals surface area contributed by atoms with Crippen molar-refractivity contribution < 1.29 is 12.6 Å². The van der Waals surface area contributed by atoms with Crippen LogP contribution in [-0.4, -0.2) is 74.1 Å². The van der Waals surface area contributed by atoms with Crippen LogP contribution in [0, 0.1) is 0 Å². The lowest BCUT2D eigenvalue weighted by molar-refractivity contribution is 0.253. The van der Waals surface area contributed by atoms with Gasteiger partial charge in [0.1, 0.15) is 0 Å². The molecular formula is C11H25N3O3S2. The Morgan fingerprint density at radius 1 is 1.37 bits per heavy atom. The van der Waals surface area contributed by atoms with Crippen LogP contribution < -0.4 is 10.0 Å². The van der Waals surface area contributed by atoms with E-state index in [-0.39, 0.29) is 11.8 Å². The van der Waals surface area contributed by atoms with Crippen LogP contribution in [0.1, 0.15) is 13.3 Å². The fourth-order valence-electron chi connectivity index (χ4n) is 1.95. The molecule has 0 aromatic heterocycles. The van der Waals surface area contributed by atoms with E-state index >= 15 is 0 Å². The molecule has 2 atom stereocenters. The van der Waals surface area contributed by atoms with Gasteiger partial charge in [0.25, 0.3) is 0 Å². The minimum absolute atomic E-state index is 0.132. The third kappa shape index (κ3) is 7.98. The van der Waals surface area contributed by atoms with Crippen LogP contribution in [0.25, 0.3) is 0 Å². The molecule has 0 spiro atoms. The number of hydrogen-bond acceptors (Lipinski definition) is 5. The largest absolute Gasteiger partial charge is 0.314 e. The van der Waals surface area contributed by atoms with Crippen molar-refractivity contribution in [2.75, 3.05) is 50.5 Å². The molecule has 0 saturated carbocycles. The first-order valence-corrected chi connectivity index (χ1v) is 10.00. The van der Waals surface area contributed by atoms with Crippen molar-refractivity contribution in [2.24, 2.45) is 0 Å². The standard InChI is InChI=1S/C11H25N3O3S2/c1-11(3-9-18(2)15)13-19(16,17)10-8-14-6-4-12-5-7-14/h11-13H,3-10H2,1-2H3. The van der Waals surface area contributed by atoms with Gasteiger partial charge < -0.3 is 5.32 Å². The second-order valence-electron chi connectivity index (χ2n) is 5.00. The average molecular weight is 311 g/mol. The highest BCUT2D eigenvalue weighted by molar-refractivity contribution is 7.89. The van der Waals surface area contributed by atoms with Crippen LogP contribution in [0.5, 0.6) is 0 Å². The first-order chi connectivity index (χ1) is 8.89. The molecule has 1 aliphatic rings. The van der Waals surface area contributed by atoms with Crippen molar-refractivity contribution in [1.29, 1.82) is 0 Å². The highest BCUT2D eigenvalue weighted by atomic mass is 32.2. The van der Waals surface area contributed by atoms with E-state index in [1.807, 2.05) is 6.92 Å². The summed E-state index contributed by atoms with van der Waals surface area (Å²) in [6.45, 7) is 6.04. The summed E-state index contributed by atoms with van der Waals surface area (Å²) in [7, 11) is -4.11. The Kier molecular flexibility index (Phi) is 7.45. The molecule has 0 aromatic rings. The summed E-state index contributed by atoms with van der Waals surface area (Å²) in [5.74, 6) is 0.661. The Bertz CT molecular complexity index is 381. The summed E-state index contributed by atoms with van der Waals surface area (Å²) in [6, 6.07) is -0.156. The zero-order valence-electron chi connectivity index (χ0n) is 11.7. The monoisotopic (exact) mass is 311 g/mol. The van der Waals surface area contributed by atoms with Gasteiger partial charge in [0, 0.05) is 61.6 Å². The van der Waals surface area contributed by atoms with Gasteiger partial charge in [-0.25, -0.2) is 13.1 Å². The molecule has 8 heteroatoms. The third-order valence-corrected chi connectivity index (χ3v) is 5.40. The maximum absolute atomic E-state index is 11.9. The van der Waals surface area contributed by atoms with Crippen LogP contribution >= 0.6 is 0 Å². The fraction of sp³-hybridized carbons (Fsp3) is 1.00. The summed E-state index contributed by atoms with van der Waals surface area (Å²) in [5, 5.41) is 3.24. The lowest BCUT2D eigenvalue weighted by Crippen LogP contribution is -2.46. The number of nitrogens with one attached hydrogen (secondary N) is 2. The molecule has 1 fully saturated rings. The van der Waals surface area contributed by atoms with E-state index in [2.05, 4.69) is 14.9 Å². The molecule has 0 amide bonds. The number of hydrogen-bond donors (Lipinski definition) is 2. The Balaban J connectivity index is 2.28. The van der Waals surface area contributed by atoms with Crippen LogP contribution in [0.2, 0.25) is 0 Å². The molecule has 114 valence electrons. The smallest absolute Gasteiger partial charge is 0.213 e. The van der Waals surface area contributed by atoms with Crippen molar-refractivity contribution in [2.45, 2.75) is 19.4 Å². The molecule has 2 unspecified atom stereocenters. The number of rotatable bonds is 8. The molecule has 19 heavy (non-hydrogen) atoms. The van der Waals surface area contributed by atoms with E-state index in [0.29, 0.717) is 18.7 Å². The van der Waals surface area contributed by atoms with Gasteiger partial charge in [-0.05, 0) is 13.3 Å². The van der Waals surface area contributed by atoms with E-state index in [9.17, 15) is 12.6 Å². The predicted molar refractivity (Wildman–Crippen MR) is 79.2 cm³/mol. The maximum Gasteiger partial charge on any atom is 0.213 e. The van der Waals surface area contributed by atoms with Crippen LogP contribution in [0.4, 0.5) is 0 Å². The molecule has 0 aliphatic carbocycles. The Labute approximate surface area is 118 Å². The third-order valence-electron chi connectivity index (χ3n) is 3.10. The first-order valence-electron chi connectivity index (χ1n) is 6.62. The number of piperazine rings is 1. The van der Waals surface area contributed by atoms with Crippen LogP contribution in [0.3, 0.4) is 0 Å². The van der Waals surface area contributed by atoms with Crippen LogP contribution in [-0.2, 0) is 20.8 Å². The van der Waals surface area contributed by atoms with Crippen molar-refractivity contribution >= 4 is 20.8 Å². The topological polar surface area (TPSA) is 78.5 Å². The summed E-state index contributed by atoms with van der Waals surface area (Å²) in [6.07, 6.45) is 2.24. The van der Waals surface area contributed by atoms with Gasteiger partial charge in [-0.15, -0.1) is 0 Å². The van der Waals surface area contributed by atoms with Crippen LogP contribution in [0.15, 0.2) is 0 Å². The summed E-state index contributed by atoms with van der Waals surface area (Å²) in [5.41, 5.74) is 0. The van der Waals surface area contributed by atoms with E-state index in [1.165, 1.54) is 0 Å². The van der Waals surface area contributed by atoms with Crippen molar-refractivity contribution in [3.63, 3.8) is 0 Å². The molecule has 2 N–H and O–H groups in total. The molecule has 1 heterocycles. The molecular weight excluding hydrogens is 286 g/mol. The van der Waals surface area contributed by atoms with Gasteiger partial charge in [0.05, 0.1) is 5.75 Å². The van der Waals surface area contributed by atoms with Gasteiger partial charge in [-0.2, -0.15) is 0 Å². The number of sulfonamides is 1. The van der Waals surface area contributed by atoms with Gasteiger partial charge in [0.15, 0.2) is 0 Å². The Morgan fingerprint density at radius 2 is 2.00 bits per heavy atom. The molecule has 0 bridgehead atoms. The zero-order valence-corrected chi connectivity index (χ0v) is 13.4. The molecule has 0 radical (unpaired) electrons. The summed E-state index contributed by atoms with van der Waals surface area (Å²) in [4.78, 5) is 2.15. The lowest BCUT2D eigenvalue weighted by Gasteiger charge is -2.27. The highest BCUT2D eigenvalue weighted by Crippen LogP contribution is 1.99. The quantitative estimate of drug-likeness (QED) is 0.599. The maximum atomic E-state index is 11.9. The van der Waals surface area contributed by atoms with E-state index in [1.54, 1.807) is 6.26 Å². The summed E-state index contributed by atoms with van der Waals surface area (Å²) < 4.78 is 37.4. The molecule has 1 saturated heterocycles. The molecule has 1 rings (SSSR count). The molecule has 0 aromatic carbocycles. The normalized spacial score (nSPS) is 21.2. The minimum atomic E-state index is -3.24. The fourth-order valence-corrected chi connectivity index (χ4v) is 3.98. The van der Waals surface area contributed by atoms with Gasteiger partial charge in [0.2, 0.25) is 10.0 Å². The van der Waals surface area contributed by atoms with Crippen molar-refractivity contribution in [3.8, 4) is 0 Å². The van der Waals surface area contributed by atoms with Crippen molar-refractivity contribution in [1.82, 2.24) is 14.9 Å². The van der Waals surface area contributed by atoms with Gasteiger partial charge in [-0.3, -0.25) is 9.11 Å². The average Bonchev–Trinajstić information content (AvgIpc) is 2.35. The highest BCUT2D eigenvalue weighted by Gasteiger charge is 2.17. The second-order valence-corrected chi connectivity index (χ2v) is 8.42. The van der Waals surface area contributed by atoms with Gasteiger partial charge in [-0.1, -0.05) is 0 Å². The Morgan fingerprint density at radius 3 is 2.58 bits per heavy atom. The predicted octanol–water partition coefficient (Wildman–Crippen LogP) is -1.03. The SMILES string of the molecule is CC(CCS(C)=O)NS(=O)(=O)CCN1CCNCC1. The first kappa shape index (κ1) is 17.0. The molecule has 1 aliphatic heterocycles.